The molecule has 0 unspecified atom stereocenters. The Balaban J connectivity index is 3.40. The van der Waals surface area contributed by atoms with Gasteiger partial charge in [-0.05, 0) is 59.8 Å². The standard InChI is InChI=1S/C16H23N3O6S/c1-15(2,3)24-13(22)19(14(23)25-16(4,5)6)10(11(20)21)7-9-8-17-12(26)18-9/h7-8H,1-6H3,(H,20,21)(H2,17,18,26). The van der Waals surface area contributed by atoms with Gasteiger partial charge in [0.25, 0.3) is 0 Å². The highest BCUT2D eigenvalue weighted by Crippen LogP contribution is 2.20. The highest BCUT2D eigenvalue weighted by Gasteiger charge is 2.36. The minimum atomic E-state index is -1.53. The summed E-state index contributed by atoms with van der Waals surface area (Å²) in [6, 6.07) is 0. The van der Waals surface area contributed by atoms with Crippen molar-refractivity contribution in [2.75, 3.05) is 0 Å². The lowest BCUT2D eigenvalue weighted by Gasteiger charge is -2.28. The second kappa shape index (κ2) is 7.73. The number of carboxylic acid groups (broad SMARTS) is 1. The van der Waals surface area contributed by atoms with Gasteiger partial charge in [0, 0.05) is 6.20 Å². The van der Waals surface area contributed by atoms with E-state index in [1.807, 2.05) is 0 Å². The van der Waals surface area contributed by atoms with Crippen LogP contribution in [-0.2, 0) is 14.3 Å². The van der Waals surface area contributed by atoms with Gasteiger partial charge < -0.3 is 24.5 Å². The zero-order valence-corrected chi connectivity index (χ0v) is 16.3. The third-order valence-corrected chi connectivity index (χ3v) is 2.74. The van der Waals surface area contributed by atoms with Crippen LogP contribution in [0, 0.1) is 4.77 Å². The lowest BCUT2D eigenvalue weighted by molar-refractivity contribution is -0.134. The molecule has 0 atom stereocenters. The van der Waals surface area contributed by atoms with Gasteiger partial charge in [0.05, 0.1) is 5.69 Å². The number of carbonyl (C=O) groups excluding carboxylic acids is 2. The number of aromatic nitrogens is 2. The number of amides is 2. The molecule has 1 rings (SSSR count). The van der Waals surface area contributed by atoms with Crippen LogP contribution >= 0.6 is 12.2 Å². The zero-order valence-electron chi connectivity index (χ0n) is 15.5. The van der Waals surface area contributed by atoms with E-state index in [-0.39, 0.29) is 10.5 Å². The molecule has 3 N–H and O–H groups in total. The lowest BCUT2D eigenvalue weighted by atomic mass is 10.2. The van der Waals surface area contributed by atoms with Crippen LogP contribution in [0.15, 0.2) is 11.9 Å². The maximum Gasteiger partial charge on any atom is 0.424 e. The average molecular weight is 385 g/mol. The molecule has 26 heavy (non-hydrogen) atoms. The van der Waals surface area contributed by atoms with Gasteiger partial charge in [-0.3, -0.25) is 0 Å². The predicted octanol–water partition coefficient (Wildman–Crippen LogP) is 3.67. The molecule has 1 aromatic heterocycles. The van der Waals surface area contributed by atoms with Crippen LogP contribution in [0.3, 0.4) is 0 Å². The molecule has 0 radical (unpaired) electrons. The Morgan fingerprint density at radius 2 is 1.54 bits per heavy atom. The number of imide groups is 1. The largest absolute Gasteiger partial charge is 0.477 e. The fourth-order valence-electron chi connectivity index (χ4n) is 1.68. The fraction of sp³-hybridized carbons (Fsp3) is 0.500. The van der Waals surface area contributed by atoms with E-state index in [1.165, 1.54) is 6.20 Å². The molecule has 0 bridgehead atoms. The monoisotopic (exact) mass is 385 g/mol. The number of hydrogen-bond donors (Lipinski definition) is 3. The summed E-state index contributed by atoms with van der Waals surface area (Å²) in [7, 11) is 0. The Hall–Kier alpha value is -2.62. The number of H-pyrrole nitrogens is 2. The quantitative estimate of drug-likeness (QED) is 0.535. The first-order chi connectivity index (χ1) is 11.7. The van der Waals surface area contributed by atoms with Crippen molar-refractivity contribution in [2.45, 2.75) is 52.7 Å². The minimum Gasteiger partial charge on any atom is -0.477 e. The Bertz CT molecular complexity index is 751. The average Bonchev–Trinajstić information content (AvgIpc) is 2.79. The third kappa shape index (κ3) is 6.71. The van der Waals surface area contributed by atoms with Crippen molar-refractivity contribution < 1.29 is 29.0 Å². The molecule has 0 aliphatic carbocycles. The second-order valence-corrected chi connectivity index (χ2v) is 7.74. The number of aromatic amines is 2. The molecule has 1 aromatic rings. The van der Waals surface area contributed by atoms with E-state index in [1.54, 1.807) is 41.5 Å². The van der Waals surface area contributed by atoms with Crippen molar-refractivity contribution in [3.63, 3.8) is 0 Å². The second-order valence-electron chi connectivity index (χ2n) is 7.33. The predicted molar refractivity (Wildman–Crippen MR) is 95.9 cm³/mol. The summed E-state index contributed by atoms with van der Waals surface area (Å²) >= 11 is 4.88. The van der Waals surface area contributed by atoms with Crippen LogP contribution in [0.4, 0.5) is 9.59 Å². The third-order valence-electron chi connectivity index (χ3n) is 2.52. The van der Waals surface area contributed by atoms with E-state index < -0.39 is 35.1 Å². The molecule has 2 amide bonds. The summed E-state index contributed by atoms with van der Waals surface area (Å²) in [5.41, 5.74) is -2.30. The molecule has 0 aromatic carbocycles. The first-order valence-corrected chi connectivity index (χ1v) is 8.09. The van der Waals surface area contributed by atoms with Gasteiger partial charge in [0.2, 0.25) is 0 Å². The van der Waals surface area contributed by atoms with Crippen molar-refractivity contribution in [1.82, 2.24) is 14.9 Å². The van der Waals surface area contributed by atoms with Crippen LogP contribution < -0.4 is 0 Å². The molecular formula is C16H23N3O6S. The van der Waals surface area contributed by atoms with Gasteiger partial charge in [-0.25, -0.2) is 14.4 Å². The van der Waals surface area contributed by atoms with Crippen molar-refractivity contribution in [3.05, 3.63) is 22.4 Å². The highest BCUT2D eigenvalue weighted by atomic mass is 32.1. The molecule has 144 valence electrons. The number of nitrogens with one attached hydrogen (secondary N) is 2. The summed E-state index contributed by atoms with van der Waals surface area (Å²) in [5, 5.41) is 9.53. The molecule has 0 aliphatic rings. The van der Waals surface area contributed by atoms with Gasteiger partial charge in [-0.15, -0.1) is 0 Å². The van der Waals surface area contributed by atoms with E-state index >= 15 is 0 Å². The van der Waals surface area contributed by atoms with Crippen molar-refractivity contribution in [2.24, 2.45) is 0 Å². The normalized spacial score (nSPS) is 12.5. The Morgan fingerprint density at radius 3 is 1.85 bits per heavy atom. The Labute approximate surface area is 156 Å². The SMILES string of the molecule is CC(C)(C)OC(=O)N(C(=O)OC(C)(C)C)C(=Cc1c[nH]c(=S)[nH]1)C(=O)O. The van der Waals surface area contributed by atoms with Crippen LogP contribution in [0.1, 0.15) is 47.2 Å². The maximum absolute atomic E-state index is 12.5. The molecule has 1 heterocycles. The summed E-state index contributed by atoms with van der Waals surface area (Å²) in [5.74, 6) is -1.53. The first-order valence-electron chi connectivity index (χ1n) is 7.68. The number of rotatable bonds is 3. The number of carboxylic acids is 1. The molecule has 0 spiro atoms. The molecule has 0 saturated heterocycles. The smallest absolute Gasteiger partial charge is 0.424 e. The molecule has 0 saturated carbocycles. The maximum atomic E-state index is 12.5. The summed E-state index contributed by atoms with van der Waals surface area (Å²) in [6.45, 7) is 9.53. The van der Waals surface area contributed by atoms with Gasteiger partial charge in [0.15, 0.2) is 4.77 Å². The molecule has 9 nitrogen and oxygen atoms in total. The fourth-order valence-corrected chi connectivity index (χ4v) is 1.86. The van der Waals surface area contributed by atoms with Gasteiger partial charge in [-0.1, -0.05) is 0 Å². The number of nitrogens with zero attached hydrogens (tertiary/aromatic N) is 1. The first kappa shape index (κ1) is 21.4. The van der Waals surface area contributed by atoms with Crippen molar-refractivity contribution in [3.8, 4) is 0 Å². The highest BCUT2D eigenvalue weighted by molar-refractivity contribution is 7.71. The van der Waals surface area contributed by atoms with E-state index in [9.17, 15) is 19.5 Å². The van der Waals surface area contributed by atoms with E-state index in [2.05, 4.69) is 9.97 Å². The number of aliphatic carboxylic acids is 1. The number of carbonyl (C=O) groups is 3. The molecule has 10 heteroatoms. The topological polar surface area (TPSA) is 125 Å². The van der Waals surface area contributed by atoms with E-state index in [4.69, 9.17) is 21.7 Å². The summed E-state index contributed by atoms with van der Waals surface area (Å²) in [4.78, 5) is 42.4. The van der Waals surface area contributed by atoms with Crippen LogP contribution in [0.25, 0.3) is 6.08 Å². The molecule has 0 aliphatic heterocycles. The Kier molecular flexibility index (Phi) is 6.37. The number of imidazole rings is 1. The summed E-state index contributed by atoms with van der Waals surface area (Å²) < 4.78 is 10.6. The molecule has 0 fully saturated rings. The van der Waals surface area contributed by atoms with Crippen LogP contribution in [0.2, 0.25) is 0 Å². The van der Waals surface area contributed by atoms with E-state index in [0.29, 0.717) is 4.90 Å². The van der Waals surface area contributed by atoms with Gasteiger partial charge in [-0.2, -0.15) is 4.90 Å². The van der Waals surface area contributed by atoms with Crippen molar-refractivity contribution in [1.29, 1.82) is 0 Å². The van der Waals surface area contributed by atoms with Gasteiger partial charge >= 0.3 is 18.2 Å². The van der Waals surface area contributed by atoms with Gasteiger partial charge in [0.1, 0.15) is 16.9 Å². The van der Waals surface area contributed by atoms with Crippen LogP contribution in [-0.4, -0.2) is 49.3 Å². The Morgan fingerprint density at radius 1 is 1.08 bits per heavy atom. The number of ether oxygens (including phenoxy) is 2. The number of hydrogen-bond acceptors (Lipinski definition) is 6. The minimum absolute atomic E-state index is 0.252. The van der Waals surface area contributed by atoms with Crippen LogP contribution in [0.5, 0.6) is 0 Å². The lowest BCUT2D eigenvalue weighted by Crippen LogP contribution is -2.44. The molecular weight excluding hydrogens is 362 g/mol. The van der Waals surface area contributed by atoms with Crippen molar-refractivity contribution >= 4 is 36.4 Å². The summed E-state index contributed by atoms with van der Waals surface area (Å²) in [6.07, 6.45) is 0.125. The van der Waals surface area contributed by atoms with E-state index in [0.717, 1.165) is 6.08 Å². The zero-order chi connectivity index (χ0) is 20.3.